The molecule has 3 rings (SSSR count). The molecular formula is C15H19N3O. The van der Waals surface area contributed by atoms with Gasteiger partial charge in [-0.25, -0.2) is 4.98 Å². The molecule has 2 aromatic rings. The number of benzene rings is 1. The summed E-state index contributed by atoms with van der Waals surface area (Å²) >= 11 is 0. The molecule has 4 nitrogen and oxygen atoms in total. The van der Waals surface area contributed by atoms with E-state index in [1.807, 2.05) is 26.5 Å². The van der Waals surface area contributed by atoms with Gasteiger partial charge in [0.2, 0.25) is 0 Å². The summed E-state index contributed by atoms with van der Waals surface area (Å²) < 4.78 is 7.54. The first-order valence-corrected chi connectivity index (χ1v) is 6.61. The third kappa shape index (κ3) is 2.41. The van der Waals surface area contributed by atoms with E-state index in [4.69, 9.17) is 4.74 Å². The van der Waals surface area contributed by atoms with Crippen LogP contribution in [0.4, 0.5) is 0 Å². The van der Waals surface area contributed by atoms with Gasteiger partial charge in [-0.05, 0) is 23.7 Å². The summed E-state index contributed by atoms with van der Waals surface area (Å²) in [5.41, 5.74) is 3.93. The molecule has 0 spiro atoms. The first-order chi connectivity index (χ1) is 9.28. The average Bonchev–Trinajstić information content (AvgIpc) is 3.04. The molecule has 1 aliphatic rings. The second-order valence-electron chi connectivity index (χ2n) is 5.02. The van der Waals surface area contributed by atoms with Crippen LogP contribution in [0.25, 0.3) is 0 Å². The Bertz CT molecular complexity index is 577. The van der Waals surface area contributed by atoms with Crippen molar-refractivity contribution >= 4 is 0 Å². The number of nitrogens with one attached hydrogen (secondary N) is 1. The minimum Gasteiger partial charge on any atom is -0.372 e. The lowest BCUT2D eigenvalue weighted by atomic mass is 9.99. The number of rotatable bonds is 4. The van der Waals surface area contributed by atoms with Crippen LogP contribution in [0.5, 0.6) is 0 Å². The van der Waals surface area contributed by atoms with Gasteiger partial charge in [0.25, 0.3) is 0 Å². The van der Waals surface area contributed by atoms with Gasteiger partial charge in [0.05, 0.1) is 13.2 Å². The third-order valence-corrected chi connectivity index (χ3v) is 3.80. The molecule has 19 heavy (non-hydrogen) atoms. The highest BCUT2D eigenvalue weighted by Gasteiger charge is 2.17. The first-order valence-electron chi connectivity index (χ1n) is 6.61. The molecule has 0 saturated carbocycles. The van der Waals surface area contributed by atoms with E-state index in [1.165, 1.54) is 16.7 Å². The number of hydrogen-bond donors (Lipinski definition) is 1. The fraction of sp³-hybridized carbons (Fsp3) is 0.400. The van der Waals surface area contributed by atoms with Gasteiger partial charge in [0.15, 0.2) is 0 Å². The highest BCUT2D eigenvalue weighted by Crippen LogP contribution is 2.25. The summed E-state index contributed by atoms with van der Waals surface area (Å²) in [5, 5.41) is 3.38. The van der Waals surface area contributed by atoms with Crippen LogP contribution in [0.1, 0.15) is 28.6 Å². The van der Waals surface area contributed by atoms with Gasteiger partial charge in [0.1, 0.15) is 5.82 Å². The quantitative estimate of drug-likeness (QED) is 0.910. The van der Waals surface area contributed by atoms with E-state index in [9.17, 15) is 0 Å². The molecule has 1 unspecified atom stereocenters. The summed E-state index contributed by atoms with van der Waals surface area (Å²) in [6.07, 6.45) is 4.72. The van der Waals surface area contributed by atoms with Crippen LogP contribution in [-0.4, -0.2) is 16.6 Å². The Labute approximate surface area is 113 Å². The number of imidazole rings is 1. The Hall–Kier alpha value is -1.65. The maximum atomic E-state index is 5.47. The van der Waals surface area contributed by atoms with Gasteiger partial charge in [-0.15, -0.1) is 0 Å². The molecular weight excluding hydrogens is 238 g/mol. The van der Waals surface area contributed by atoms with Crippen molar-refractivity contribution < 1.29 is 4.74 Å². The summed E-state index contributed by atoms with van der Waals surface area (Å²) in [7, 11) is 4.03. The Kier molecular flexibility index (Phi) is 3.36. The van der Waals surface area contributed by atoms with Crippen LogP contribution in [-0.2, 0) is 31.4 Å². The fourth-order valence-electron chi connectivity index (χ4n) is 2.57. The molecule has 100 valence electrons. The molecule has 2 heterocycles. The van der Waals surface area contributed by atoms with Crippen LogP contribution >= 0.6 is 0 Å². The van der Waals surface area contributed by atoms with E-state index < -0.39 is 0 Å². The van der Waals surface area contributed by atoms with E-state index in [-0.39, 0.29) is 6.04 Å². The monoisotopic (exact) mass is 257 g/mol. The number of hydrogen-bond acceptors (Lipinski definition) is 3. The van der Waals surface area contributed by atoms with Crippen molar-refractivity contribution in [2.45, 2.75) is 25.7 Å². The van der Waals surface area contributed by atoms with E-state index >= 15 is 0 Å². The summed E-state index contributed by atoms with van der Waals surface area (Å²) in [4.78, 5) is 4.40. The van der Waals surface area contributed by atoms with Gasteiger partial charge in [-0.1, -0.05) is 18.2 Å². The van der Waals surface area contributed by atoms with Crippen LogP contribution in [0, 0.1) is 0 Å². The zero-order valence-corrected chi connectivity index (χ0v) is 11.4. The zero-order chi connectivity index (χ0) is 13.2. The average molecular weight is 257 g/mol. The number of nitrogens with zero attached hydrogens (tertiary/aromatic N) is 2. The molecule has 0 bridgehead atoms. The van der Waals surface area contributed by atoms with Gasteiger partial charge in [-0.3, -0.25) is 0 Å². The predicted molar refractivity (Wildman–Crippen MR) is 73.6 cm³/mol. The van der Waals surface area contributed by atoms with Crippen molar-refractivity contribution in [3.8, 4) is 0 Å². The Morgan fingerprint density at radius 2 is 2.21 bits per heavy atom. The predicted octanol–water partition coefficient (Wildman–Crippen LogP) is 1.95. The topological polar surface area (TPSA) is 39.1 Å². The Morgan fingerprint density at radius 1 is 1.37 bits per heavy atom. The molecule has 1 atom stereocenters. The second kappa shape index (κ2) is 5.15. The maximum absolute atomic E-state index is 5.47. The van der Waals surface area contributed by atoms with E-state index in [1.54, 1.807) is 0 Å². The standard InChI is InChI=1S/C15H19N3O/c1-16-14(8-15-17-5-6-18(15)2)11-3-4-12-9-19-10-13(12)7-11/h3-7,14,16H,8-10H2,1-2H3. The van der Waals surface area contributed by atoms with Crippen molar-refractivity contribution in [1.82, 2.24) is 14.9 Å². The normalized spacial score (nSPS) is 15.5. The fourth-order valence-corrected chi connectivity index (χ4v) is 2.57. The van der Waals surface area contributed by atoms with Gasteiger partial charge in [0, 0.05) is 31.9 Å². The molecule has 0 saturated heterocycles. The zero-order valence-electron chi connectivity index (χ0n) is 11.4. The van der Waals surface area contributed by atoms with Crippen molar-refractivity contribution in [2.75, 3.05) is 7.05 Å². The van der Waals surface area contributed by atoms with Crippen LogP contribution in [0.2, 0.25) is 0 Å². The molecule has 0 fully saturated rings. The number of aromatic nitrogens is 2. The van der Waals surface area contributed by atoms with Crippen LogP contribution in [0.15, 0.2) is 30.6 Å². The molecule has 0 aliphatic carbocycles. The summed E-state index contributed by atoms with van der Waals surface area (Å²) in [6, 6.07) is 6.91. The van der Waals surface area contributed by atoms with E-state index in [0.29, 0.717) is 0 Å². The van der Waals surface area contributed by atoms with Gasteiger partial charge in [-0.2, -0.15) is 0 Å². The molecule has 1 aromatic carbocycles. The number of fused-ring (bicyclic) bond motifs is 1. The van der Waals surface area contributed by atoms with Crippen molar-refractivity contribution in [3.05, 3.63) is 53.1 Å². The van der Waals surface area contributed by atoms with E-state index in [0.717, 1.165) is 25.5 Å². The van der Waals surface area contributed by atoms with Gasteiger partial charge < -0.3 is 14.6 Å². The lowest BCUT2D eigenvalue weighted by Gasteiger charge is -2.17. The Balaban J connectivity index is 1.84. The smallest absolute Gasteiger partial charge is 0.110 e. The summed E-state index contributed by atoms with van der Waals surface area (Å²) in [6.45, 7) is 1.49. The van der Waals surface area contributed by atoms with Crippen molar-refractivity contribution in [1.29, 1.82) is 0 Å². The lowest BCUT2D eigenvalue weighted by Crippen LogP contribution is -2.20. The highest BCUT2D eigenvalue weighted by atomic mass is 16.5. The molecule has 0 radical (unpaired) electrons. The number of aryl methyl sites for hydroxylation is 1. The van der Waals surface area contributed by atoms with Crippen LogP contribution in [0.3, 0.4) is 0 Å². The minimum atomic E-state index is 0.284. The third-order valence-electron chi connectivity index (χ3n) is 3.80. The number of likely N-dealkylation sites (N-methyl/N-ethyl adjacent to an activating group) is 1. The maximum Gasteiger partial charge on any atom is 0.110 e. The Morgan fingerprint density at radius 3 is 2.95 bits per heavy atom. The molecule has 4 heteroatoms. The SMILES string of the molecule is CNC(Cc1nccn1C)c1ccc2c(c1)COC2. The molecule has 1 N–H and O–H groups in total. The molecule has 1 aromatic heterocycles. The second-order valence-corrected chi connectivity index (χ2v) is 5.02. The summed E-state index contributed by atoms with van der Waals surface area (Å²) in [5.74, 6) is 1.09. The minimum absolute atomic E-state index is 0.284. The lowest BCUT2D eigenvalue weighted by molar-refractivity contribution is 0.134. The van der Waals surface area contributed by atoms with Crippen molar-refractivity contribution in [2.24, 2.45) is 7.05 Å². The van der Waals surface area contributed by atoms with Gasteiger partial charge >= 0.3 is 0 Å². The molecule has 0 amide bonds. The highest BCUT2D eigenvalue weighted by molar-refractivity contribution is 5.35. The molecule has 1 aliphatic heterocycles. The van der Waals surface area contributed by atoms with Crippen molar-refractivity contribution in [3.63, 3.8) is 0 Å². The largest absolute Gasteiger partial charge is 0.372 e. The first kappa shape index (κ1) is 12.4. The van der Waals surface area contributed by atoms with E-state index in [2.05, 4.69) is 33.1 Å². The number of ether oxygens (including phenoxy) is 1. The van der Waals surface area contributed by atoms with Crippen LogP contribution < -0.4 is 5.32 Å².